The maximum Gasteiger partial charge on any atom is 0.000256 e. The molecule has 8 heavy (non-hydrogen) atoms. The van der Waals surface area contributed by atoms with Crippen molar-refractivity contribution < 1.29 is 0 Å². The maximum absolute atomic E-state index is 5.24. The largest absolute Gasteiger partial charge is 0.0933 e. The Morgan fingerprint density at radius 2 is 1.25 bits per heavy atom. The van der Waals surface area contributed by atoms with Crippen LogP contribution in [0, 0.1) is 0 Å². The standard InChI is InChI=1S/C6H8Cl2/c7-5-3-1-2-4-6-8/h3-6H,1-2H2. The topological polar surface area (TPSA) is 0 Å². The fraction of sp³-hybridized carbons (Fsp3) is 0.333. The molecule has 0 aliphatic rings. The van der Waals surface area contributed by atoms with Gasteiger partial charge in [-0.05, 0) is 12.8 Å². The molecule has 0 aromatic rings. The Balaban J connectivity index is 2.93. The second kappa shape index (κ2) is 7.06. The van der Waals surface area contributed by atoms with E-state index in [1.165, 1.54) is 11.1 Å². The van der Waals surface area contributed by atoms with E-state index in [0.717, 1.165) is 12.8 Å². The average Bonchev–Trinajstić information content (AvgIpc) is 1.81. The summed E-state index contributed by atoms with van der Waals surface area (Å²) in [4.78, 5) is 0. The lowest BCUT2D eigenvalue weighted by molar-refractivity contribution is 1.06. The van der Waals surface area contributed by atoms with Crippen LogP contribution in [0.4, 0.5) is 0 Å². The van der Waals surface area contributed by atoms with Crippen molar-refractivity contribution in [3.8, 4) is 0 Å². The van der Waals surface area contributed by atoms with E-state index in [1.807, 2.05) is 12.2 Å². The highest BCUT2D eigenvalue weighted by molar-refractivity contribution is 6.25. The highest BCUT2D eigenvalue weighted by atomic mass is 35.5. The number of hydrogen-bond donors (Lipinski definition) is 0. The Morgan fingerprint density at radius 1 is 0.875 bits per heavy atom. The molecule has 0 fully saturated rings. The molecule has 0 aliphatic carbocycles. The highest BCUT2D eigenvalue weighted by Gasteiger charge is 1.71. The minimum Gasteiger partial charge on any atom is -0.0933 e. The summed E-state index contributed by atoms with van der Waals surface area (Å²) in [6.45, 7) is 0. The first-order valence-electron chi connectivity index (χ1n) is 2.42. The molecule has 0 saturated heterocycles. The zero-order valence-electron chi connectivity index (χ0n) is 4.48. The number of allylic oxidation sites excluding steroid dienone is 2. The van der Waals surface area contributed by atoms with Crippen LogP contribution < -0.4 is 0 Å². The Kier molecular flexibility index (Phi) is 7.11. The fourth-order valence-corrected chi connectivity index (χ4v) is 0.570. The van der Waals surface area contributed by atoms with Crippen molar-refractivity contribution in [3.63, 3.8) is 0 Å². The van der Waals surface area contributed by atoms with Gasteiger partial charge in [-0.1, -0.05) is 35.4 Å². The van der Waals surface area contributed by atoms with Crippen LogP contribution in [0.1, 0.15) is 12.8 Å². The van der Waals surface area contributed by atoms with Gasteiger partial charge in [-0.3, -0.25) is 0 Å². The minimum absolute atomic E-state index is 0.965. The molecule has 0 heterocycles. The van der Waals surface area contributed by atoms with Gasteiger partial charge < -0.3 is 0 Å². The molecular weight excluding hydrogens is 143 g/mol. The summed E-state index contributed by atoms with van der Waals surface area (Å²) in [6, 6.07) is 0. The molecule has 0 nitrogen and oxygen atoms in total. The highest BCUT2D eigenvalue weighted by Crippen LogP contribution is 1.94. The molecule has 0 saturated carbocycles. The molecule has 46 valence electrons. The Bertz CT molecular complexity index is 72.5. The van der Waals surface area contributed by atoms with E-state index >= 15 is 0 Å². The molecule has 0 bridgehead atoms. The molecule has 0 unspecified atom stereocenters. The van der Waals surface area contributed by atoms with E-state index in [-0.39, 0.29) is 0 Å². The molecule has 0 aromatic heterocycles. The first kappa shape index (κ1) is 8.06. The lowest BCUT2D eigenvalue weighted by atomic mass is 10.3. The van der Waals surface area contributed by atoms with Gasteiger partial charge in [-0.15, -0.1) is 0 Å². The first-order chi connectivity index (χ1) is 3.91. The lowest BCUT2D eigenvalue weighted by Gasteiger charge is -1.79. The summed E-state index contributed by atoms with van der Waals surface area (Å²) < 4.78 is 0. The monoisotopic (exact) mass is 150 g/mol. The Labute approximate surface area is 59.8 Å². The van der Waals surface area contributed by atoms with Crippen molar-refractivity contribution in [1.29, 1.82) is 0 Å². The fourth-order valence-electron chi connectivity index (χ4n) is 0.318. The summed E-state index contributed by atoms with van der Waals surface area (Å²) in [7, 11) is 0. The Hall–Kier alpha value is 0.0600. The van der Waals surface area contributed by atoms with Gasteiger partial charge in [0.25, 0.3) is 0 Å². The third-order valence-electron chi connectivity index (χ3n) is 0.678. The molecular formula is C6H8Cl2. The van der Waals surface area contributed by atoms with Crippen LogP contribution in [0.5, 0.6) is 0 Å². The molecule has 0 atom stereocenters. The van der Waals surface area contributed by atoms with Crippen molar-refractivity contribution in [2.75, 3.05) is 0 Å². The molecule has 0 N–H and O–H groups in total. The van der Waals surface area contributed by atoms with Crippen molar-refractivity contribution in [3.05, 3.63) is 23.2 Å². The molecule has 2 heteroatoms. The predicted octanol–water partition coefficient (Wildman–Crippen LogP) is 3.27. The van der Waals surface area contributed by atoms with Gasteiger partial charge in [-0.2, -0.15) is 0 Å². The van der Waals surface area contributed by atoms with E-state index in [4.69, 9.17) is 23.2 Å². The van der Waals surface area contributed by atoms with Crippen molar-refractivity contribution in [1.82, 2.24) is 0 Å². The molecule has 0 aliphatic heterocycles. The van der Waals surface area contributed by atoms with Crippen LogP contribution in [0.2, 0.25) is 0 Å². The van der Waals surface area contributed by atoms with Gasteiger partial charge >= 0.3 is 0 Å². The van der Waals surface area contributed by atoms with E-state index in [1.54, 1.807) is 0 Å². The summed E-state index contributed by atoms with van der Waals surface area (Å²) in [5.74, 6) is 0. The summed E-state index contributed by atoms with van der Waals surface area (Å²) >= 11 is 10.5. The van der Waals surface area contributed by atoms with Crippen molar-refractivity contribution in [2.24, 2.45) is 0 Å². The first-order valence-corrected chi connectivity index (χ1v) is 3.29. The minimum atomic E-state index is 0.965. The smallest absolute Gasteiger partial charge is 0.000256 e. The quantitative estimate of drug-likeness (QED) is 0.543. The molecule has 0 radical (unpaired) electrons. The number of hydrogen-bond acceptors (Lipinski definition) is 0. The van der Waals surface area contributed by atoms with Crippen molar-refractivity contribution >= 4 is 23.2 Å². The number of unbranched alkanes of at least 4 members (excludes halogenated alkanes) is 1. The summed E-state index contributed by atoms with van der Waals surface area (Å²) in [6.07, 6.45) is 5.70. The van der Waals surface area contributed by atoms with Gasteiger partial charge in [0.2, 0.25) is 0 Å². The molecule has 0 rings (SSSR count). The normalized spacial score (nSPS) is 11.8. The molecule has 0 aromatic carbocycles. The van der Waals surface area contributed by atoms with Crippen LogP contribution in [0.25, 0.3) is 0 Å². The zero-order valence-corrected chi connectivity index (χ0v) is 5.99. The van der Waals surface area contributed by atoms with E-state index in [2.05, 4.69) is 0 Å². The van der Waals surface area contributed by atoms with Gasteiger partial charge in [0, 0.05) is 11.1 Å². The zero-order chi connectivity index (χ0) is 6.24. The van der Waals surface area contributed by atoms with Gasteiger partial charge in [-0.25, -0.2) is 0 Å². The second-order valence-electron chi connectivity index (χ2n) is 1.30. The average molecular weight is 151 g/mol. The summed E-state index contributed by atoms with van der Waals surface area (Å²) in [5.41, 5.74) is 3.03. The van der Waals surface area contributed by atoms with Crippen LogP contribution in [-0.4, -0.2) is 0 Å². The lowest BCUT2D eigenvalue weighted by Crippen LogP contribution is -1.59. The molecule has 0 spiro atoms. The second-order valence-corrected chi connectivity index (χ2v) is 1.80. The van der Waals surface area contributed by atoms with Gasteiger partial charge in [0.15, 0.2) is 0 Å². The SMILES string of the molecule is ClC=CCCC=CCl. The third-order valence-corrected chi connectivity index (χ3v) is 1.03. The van der Waals surface area contributed by atoms with Crippen LogP contribution in [-0.2, 0) is 0 Å². The predicted molar refractivity (Wildman–Crippen MR) is 39.2 cm³/mol. The third kappa shape index (κ3) is 6.06. The van der Waals surface area contributed by atoms with Crippen LogP contribution in [0.15, 0.2) is 23.2 Å². The van der Waals surface area contributed by atoms with Gasteiger partial charge in [0.05, 0.1) is 0 Å². The number of halogens is 2. The van der Waals surface area contributed by atoms with Crippen LogP contribution in [0.3, 0.4) is 0 Å². The van der Waals surface area contributed by atoms with Crippen LogP contribution >= 0.6 is 23.2 Å². The summed E-state index contributed by atoms with van der Waals surface area (Å²) in [5, 5.41) is 0. The number of rotatable bonds is 3. The van der Waals surface area contributed by atoms with E-state index in [0.29, 0.717) is 0 Å². The van der Waals surface area contributed by atoms with Gasteiger partial charge in [0.1, 0.15) is 0 Å². The van der Waals surface area contributed by atoms with Crippen molar-refractivity contribution in [2.45, 2.75) is 12.8 Å². The Morgan fingerprint density at radius 3 is 1.50 bits per heavy atom. The maximum atomic E-state index is 5.24. The molecule has 0 amide bonds. The van der Waals surface area contributed by atoms with E-state index in [9.17, 15) is 0 Å². The van der Waals surface area contributed by atoms with E-state index < -0.39 is 0 Å².